The smallest absolute Gasteiger partial charge is 0.101 e. The molecular weight excluding hydrogens is 138 g/mol. The third kappa shape index (κ3) is 1.54. The molecular formula is C8H9N3. The molecule has 0 bridgehead atoms. The molecule has 0 aliphatic carbocycles. The van der Waals surface area contributed by atoms with Gasteiger partial charge in [-0.15, -0.1) is 0 Å². The summed E-state index contributed by atoms with van der Waals surface area (Å²) in [5.41, 5.74) is 7.02. The lowest BCUT2D eigenvalue weighted by Gasteiger charge is -2.05. The molecule has 2 N–H and O–H groups in total. The Morgan fingerprint density at radius 2 is 2.45 bits per heavy atom. The van der Waals surface area contributed by atoms with Crippen molar-refractivity contribution < 1.29 is 0 Å². The second-order valence-corrected chi connectivity index (χ2v) is 2.36. The maximum Gasteiger partial charge on any atom is 0.101 e. The first-order valence-corrected chi connectivity index (χ1v) is 3.35. The van der Waals surface area contributed by atoms with Crippen LogP contribution >= 0.6 is 0 Å². The van der Waals surface area contributed by atoms with Gasteiger partial charge < -0.3 is 5.73 Å². The van der Waals surface area contributed by atoms with Crippen molar-refractivity contribution in [2.24, 2.45) is 5.73 Å². The molecule has 56 valence electrons. The average molecular weight is 147 g/mol. The molecule has 1 aromatic rings. The minimum absolute atomic E-state index is 0.104. The van der Waals surface area contributed by atoms with E-state index in [2.05, 4.69) is 4.98 Å². The quantitative estimate of drug-likeness (QED) is 0.643. The van der Waals surface area contributed by atoms with Crippen LogP contribution in [0.2, 0.25) is 0 Å². The first-order valence-electron chi connectivity index (χ1n) is 3.35. The van der Waals surface area contributed by atoms with Crippen molar-refractivity contribution in [2.75, 3.05) is 0 Å². The molecule has 3 heteroatoms. The second kappa shape index (κ2) is 3.13. The maximum atomic E-state index is 8.62. The summed E-state index contributed by atoms with van der Waals surface area (Å²) in [4.78, 5) is 3.82. The summed E-state index contributed by atoms with van der Waals surface area (Å²) in [5.74, 6) is 0. The van der Waals surface area contributed by atoms with Gasteiger partial charge in [-0.05, 0) is 18.6 Å². The van der Waals surface area contributed by atoms with Gasteiger partial charge in [0, 0.05) is 18.4 Å². The van der Waals surface area contributed by atoms with Crippen LogP contribution in [-0.2, 0) is 0 Å². The molecule has 0 aliphatic rings. The Labute approximate surface area is 65.5 Å². The molecule has 0 fully saturated rings. The summed E-state index contributed by atoms with van der Waals surface area (Å²) in [6.07, 6.45) is 3.16. The van der Waals surface area contributed by atoms with Crippen LogP contribution in [0.3, 0.4) is 0 Å². The molecule has 3 nitrogen and oxygen atoms in total. The highest BCUT2D eigenvalue weighted by Gasteiger charge is 2.04. The second-order valence-electron chi connectivity index (χ2n) is 2.36. The average Bonchev–Trinajstić information content (AvgIpc) is 2.04. The van der Waals surface area contributed by atoms with Gasteiger partial charge in [0.05, 0.1) is 5.56 Å². The lowest BCUT2D eigenvalue weighted by molar-refractivity contribution is 0.812. The van der Waals surface area contributed by atoms with E-state index in [1.165, 1.54) is 6.20 Å². The minimum Gasteiger partial charge on any atom is -0.324 e. The highest BCUT2D eigenvalue weighted by atomic mass is 14.6. The van der Waals surface area contributed by atoms with E-state index in [-0.39, 0.29) is 6.04 Å². The van der Waals surface area contributed by atoms with Crippen LogP contribution < -0.4 is 5.73 Å². The number of nitrogens with zero attached hydrogens (tertiary/aromatic N) is 2. The lowest BCUT2D eigenvalue weighted by atomic mass is 10.1. The number of aromatic nitrogens is 1. The highest BCUT2D eigenvalue weighted by molar-refractivity contribution is 5.36. The normalized spacial score (nSPS) is 12.1. The van der Waals surface area contributed by atoms with Crippen molar-refractivity contribution in [1.82, 2.24) is 4.98 Å². The Kier molecular flexibility index (Phi) is 2.19. The predicted molar refractivity (Wildman–Crippen MR) is 41.6 cm³/mol. The molecule has 0 aromatic carbocycles. The van der Waals surface area contributed by atoms with E-state index < -0.39 is 0 Å². The SMILES string of the molecule is C[C@@H](N)c1ccncc1C#N. The summed E-state index contributed by atoms with van der Waals surface area (Å²) in [5, 5.41) is 8.62. The fourth-order valence-corrected chi connectivity index (χ4v) is 0.896. The Hall–Kier alpha value is -1.40. The van der Waals surface area contributed by atoms with E-state index in [9.17, 15) is 0 Å². The summed E-state index contributed by atoms with van der Waals surface area (Å²) in [6.45, 7) is 1.84. The fourth-order valence-electron chi connectivity index (χ4n) is 0.896. The van der Waals surface area contributed by atoms with E-state index in [1.54, 1.807) is 12.3 Å². The molecule has 1 rings (SSSR count). The molecule has 0 radical (unpaired) electrons. The topological polar surface area (TPSA) is 62.7 Å². The zero-order valence-electron chi connectivity index (χ0n) is 6.28. The molecule has 1 atom stereocenters. The van der Waals surface area contributed by atoms with Gasteiger partial charge in [-0.3, -0.25) is 4.98 Å². The van der Waals surface area contributed by atoms with Gasteiger partial charge in [-0.1, -0.05) is 0 Å². The summed E-state index contributed by atoms with van der Waals surface area (Å²) in [6, 6.07) is 3.70. The highest BCUT2D eigenvalue weighted by Crippen LogP contribution is 2.12. The number of rotatable bonds is 1. The van der Waals surface area contributed by atoms with Crippen LogP contribution in [0.15, 0.2) is 18.5 Å². The molecule has 1 heterocycles. The van der Waals surface area contributed by atoms with Crippen LogP contribution in [0.4, 0.5) is 0 Å². The zero-order valence-corrected chi connectivity index (χ0v) is 6.28. The predicted octanol–water partition coefficient (Wildman–Crippen LogP) is 0.973. The van der Waals surface area contributed by atoms with Crippen molar-refractivity contribution in [3.05, 3.63) is 29.6 Å². The molecule has 0 aliphatic heterocycles. The van der Waals surface area contributed by atoms with E-state index >= 15 is 0 Å². The first-order chi connectivity index (χ1) is 5.25. The Morgan fingerprint density at radius 3 is 2.91 bits per heavy atom. The fraction of sp³-hybridized carbons (Fsp3) is 0.250. The molecule has 0 spiro atoms. The number of hydrogen-bond acceptors (Lipinski definition) is 3. The minimum atomic E-state index is -0.104. The molecule has 0 saturated heterocycles. The molecule has 0 unspecified atom stereocenters. The van der Waals surface area contributed by atoms with Gasteiger partial charge >= 0.3 is 0 Å². The molecule has 1 aromatic heterocycles. The summed E-state index contributed by atoms with van der Waals surface area (Å²) >= 11 is 0. The van der Waals surface area contributed by atoms with Crippen LogP contribution in [0.25, 0.3) is 0 Å². The van der Waals surface area contributed by atoms with E-state index in [1.807, 2.05) is 13.0 Å². The van der Waals surface area contributed by atoms with Gasteiger partial charge in [0.1, 0.15) is 6.07 Å². The van der Waals surface area contributed by atoms with Gasteiger partial charge in [0.15, 0.2) is 0 Å². The number of nitrogens with two attached hydrogens (primary N) is 1. The summed E-state index contributed by atoms with van der Waals surface area (Å²) < 4.78 is 0. The van der Waals surface area contributed by atoms with Gasteiger partial charge in [-0.25, -0.2) is 0 Å². The van der Waals surface area contributed by atoms with Crippen LogP contribution in [0.5, 0.6) is 0 Å². The maximum absolute atomic E-state index is 8.62. The third-order valence-electron chi connectivity index (χ3n) is 1.47. The Balaban J connectivity index is 3.15. The number of nitriles is 1. The van der Waals surface area contributed by atoms with E-state index in [0.717, 1.165) is 5.56 Å². The molecule has 0 saturated carbocycles. The van der Waals surface area contributed by atoms with Gasteiger partial charge in [-0.2, -0.15) is 5.26 Å². The zero-order chi connectivity index (χ0) is 8.27. The van der Waals surface area contributed by atoms with Crippen molar-refractivity contribution in [1.29, 1.82) is 5.26 Å². The lowest BCUT2D eigenvalue weighted by Crippen LogP contribution is -2.07. The summed E-state index contributed by atoms with van der Waals surface area (Å²) in [7, 11) is 0. The van der Waals surface area contributed by atoms with Crippen LogP contribution in [-0.4, -0.2) is 4.98 Å². The third-order valence-corrected chi connectivity index (χ3v) is 1.47. The van der Waals surface area contributed by atoms with Crippen molar-refractivity contribution in [3.63, 3.8) is 0 Å². The molecule has 0 amide bonds. The Bertz CT molecular complexity index is 286. The van der Waals surface area contributed by atoms with E-state index in [4.69, 9.17) is 11.0 Å². The van der Waals surface area contributed by atoms with Gasteiger partial charge in [0.2, 0.25) is 0 Å². The van der Waals surface area contributed by atoms with Crippen molar-refractivity contribution in [3.8, 4) is 6.07 Å². The standard InChI is InChI=1S/C8H9N3/c1-6(10)8-2-3-11-5-7(8)4-9/h2-3,5-6H,10H2,1H3/t6-/m1/s1. The van der Waals surface area contributed by atoms with Crippen molar-refractivity contribution in [2.45, 2.75) is 13.0 Å². The molecule has 11 heavy (non-hydrogen) atoms. The Morgan fingerprint density at radius 1 is 1.73 bits per heavy atom. The number of pyridine rings is 1. The van der Waals surface area contributed by atoms with Crippen LogP contribution in [0, 0.1) is 11.3 Å². The van der Waals surface area contributed by atoms with Crippen LogP contribution in [0.1, 0.15) is 24.1 Å². The van der Waals surface area contributed by atoms with E-state index in [0.29, 0.717) is 5.56 Å². The van der Waals surface area contributed by atoms with Crippen molar-refractivity contribution >= 4 is 0 Å². The first kappa shape index (κ1) is 7.70. The number of hydrogen-bond donors (Lipinski definition) is 1. The van der Waals surface area contributed by atoms with Gasteiger partial charge in [0.25, 0.3) is 0 Å². The largest absolute Gasteiger partial charge is 0.324 e. The monoisotopic (exact) mass is 147 g/mol.